The number of hydrogen-bond donors (Lipinski definition) is 1. The van der Waals surface area contributed by atoms with E-state index in [0.717, 1.165) is 45.1 Å². The SMILES string of the molecule is O=[N+]([O-])c1c(NCCCN2CCN(c3ncccn3)CC2)nc2ccccn12. The van der Waals surface area contributed by atoms with Crippen LogP contribution in [0.25, 0.3) is 5.65 Å². The lowest BCUT2D eigenvalue weighted by Gasteiger charge is -2.34. The fraction of sp³-hybridized carbons (Fsp3) is 0.389. The third-order valence-electron chi connectivity index (χ3n) is 4.83. The van der Waals surface area contributed by atoms with Crippen molar-refractivity contribution < 1.29 is 4.92 Å². The normalized spacial score (nSPS) is 15.1. The number of pyridine rings is 1. The van der Waals surface area contributed by atoms with Gasteiger partial charge >= 0.3 is 5.82 Å². The van der Waals surface area contributed by atoms with Crippen molar-refractivity contribution in [2.75, 3.05) is 49.5 Å². The Bertz CT molecular complexity index is 937. The molecule has 0 atom stereocenters. The van der Waals surface area contributed by atoms with E-state index >= 15 is 0 Å². The maximum absolute atomic E-state index is 11.4. The van der Waals surface area contributed by atoms with Crippen LogP contribution in [0.15, 0.2) is 42.9 Å². The van der Waals surface area contributed by atoms with Gasteiger partial charge in [0, 0.05) is 51.2 Å². The van der Waals surface area contributed by atoms with Crippen LogP contribution in [0.2, 0.25) is 0 Å². The van der Waals surface area contributed by atoms with Crippen LogP contribution >= 0.6 is 0 Å². The predicted molar refractivity (Wildman–Crippen MR) is 106 cm³/mol. The number of piperazine rings is 1. The molecule has 1 aliphatic rings. The second-order valence-electron chi connectivity index (χ2n) is 6.63. The first kappa shape index (κ1) is 18.1. The van der Waals surface area contributed by atoms with E-state index in [2.05, 4.69) is 30.1 Å². The van der Waals surface area contributed by atoms with Gasteiger partial charge in [-0.05, 0) is 30.0 Å². The van der Waals surface area contributed by atoms with E-state index in [0.29, 0.717) is 18.0 Å². The summed E-state index contributed by atoms with van der Waals surface area (Å²) in [5, 5.41) is 14.5. The second-order valence-corrected chi connectivity index (χ2v) is 6.63. The van der Waals surface area contributed by atoms with Gasteiger partial charge in [0.15, 0.2) is 0 Å². The number of nitro groups is 1. The molecular weight excluding hydrogens is 360 g/mol. The van der Waals surface area contributed by atoms with Crippen molar-refractivity contribution in [3.05, 3.63) is 53.0 Å². The molecule has 0 spiro atoms. The summed E-state index contributed by atoms with van der Waals surface area (Å²) in [6, 6.07) is 7.15. The Labute approximate surface area is 162 Å². The lowest BCUT2D eigenvalue weighted by molar-refractivity contribution is -0.389. The number of hydrogen-bond acceptors (Lipinski definition) is 8. The number of fused-ring (bicyclic) bond motifs is 1. The van der Waals surface area contributed by atoms with Crippen LogP contribution in [-0.2, 0) is 0 Å². The Morgan fingerprint density at radius 2 is 1.89 bits per heavy atom. The fourth-order valence-corrected chi connectivity index (χ4v) is 3.41. The van der Waals surface area contributed by atoms with Crippen LogP contribution in [0.4, 0.5) is 17.6 Å². The summed E-state index contributed by atoms with van der Waals surface area (Å²) >= 11 is 0. The maximum Gasteiger partial charge on any atom is 0.372 e. The topological polar surface area (TPSA) is 105 Å². The van der Waals surface area contributed by atoms with Gasteiger partial charge in [0.2, 0.25) is 17.4 Å². The zero-order valence-electron chi connectivity index (χ0n) is 15.4. The number of anilines is 2. The van der Waals surface area contributed by atoms with Gasteiger partial charge in [-0.25, -0.2) is 9.97 Å². The Morgan fingerprint density at radius 3 is 2.64 bits per heavy atom. The third kappa shape index (κ3) is 3.86. The number of nitrogens with zero attached hydrogens (tertiary/aromatic N) is 7. The minimum Gasteiger partial charge on any atom is -0.363 e. The lowest BCUT2D eigenvalue weighted by Crippen LogP contribution is -2.47. The first-order valence-corrected chi connectivity index (χ1v) is 9.32. The molecule has 0 radical (unpaired) electrons. The summed E-state index contributed by atoms with van der Waals surface area (Å²) in [5.74, 6) is 1.08. The molecule has 4 heterocycles. The minimum absolute atomic E-state index is 0.0212. The first-order valence-electron chi connectivity index (χ1n) is 9.32. The van der Waals surface area contributed by atoms with Crippen molar-refractivity contribution in [1.29, 1.82) is 0 Å². The summed E-state index contributed by atoms with van der Waals surface area (Å²) in [6.45, 7) is 5.26. The first-order chi connectivity index (χ1) is 13.7. The number of rotatable bonds is 7. The smallest absolute Gasteiger partial charge is 0.363 e. The van der Waals surface area contributed by atoms with Crippen LogP contribution in [0.5, 0.6) is 0 Å². The Balaban J connectivity index is 1.26. The van der Waals surface area contributed by atoms with Crippen LogP contribution in [-0.4, -0.2) is 68.4 Å². The molecule has 3 aromatic heterocycles. The molecule has 0 saturated carbocycles. The van der Waals surface area contributed by atoms with E-state index in [-0.39, 0.29) is 5.82 Å². The van der Waals surface area contributed by atoms with Crippen molar-refractivity contribution in [2.24, 2.45) is 0 Å². The van der Waals surface area contributed by atoms with Gasteiger partial charge in [-0.3, -0.25) is 4.90 Å². The van der Waals surface area contributed by atoms with Crippen LogP contribution in [0.1, 0.15) is 6.42 Å². The Kier molecular flexibility index (Phi) is 5.29. The largest absolute Gasteiger partial charge is 0.372 e. The Morgan fingerprint density at radius 1 is 1.11 bits per heavy atom. The molecule has 10 nitrogen and oxygen atoms in total. The van der Waals surface area contributed by atoms with E-state index in [4.69, 9.17) is 0 Å². The van der Waals surface area contributed by atoms with E-state index in [9.17, 15) is 10.1 Å². The highest BCUT2D eigenvalue weighted by Crippen LogP contribution is 2.25. The van der Waals surface area contributed by atoms with Crippen molar-refractivity contribution in [3.63, 3.8) is 0 Å². The Hall–Kier alpha value is -3.27. The molecule has 3 aromatic rings. The van der Waals surface area contributed by atoms with Crippen molar-refractivity contribution in [3.8, 4) is 0 Å². The van der Waals surface area contributed by atoms with E-state index in [1.54, 1.807) is 30.7 Å². The summed E-state index contributed by atoms with van der Waals surface area (Å²) in [4.78, 5) is 28.5. The van der Waals surface area contributed by atoms with Crippen molar-refractivity contribution >= 4 is 23.2 Å². The quantitative estimate of drug-likeness (QED) is 0.374. The molecule has 1 fully saturated rings. The van der Waals surface area contributed by atoms with E-state index < -0.39 is 4.92 Å². The zero-order valence-corrected chi connectivity index (χ0v) is 15.4. The van der Waals surface area contributed by atoms with Gasteiger partial charge in [-0.2, -0.15) is 9.38 Å². The molecule has 28 heavy (non-hydrogen) atoms. The molecule has 0 aromatic carbocycles. The molecule has 1 saturated heterocycles. The molecule has 0 aliphatic carbocycles. The van der Waals surface area contributed by atoms with Gasteiger partial charge in [0.1, 0.15) is 0 Å². The molecule has 0 unspecified atom stereocenters. The average Bonchev–Trinajstić information content (AvgIpc) is 3.11. The molecule has 0 amide bonds. The fourth-order valence-electron chi connectivity index (χ4n) is 3.41. The van der Waals surface area contributed by atoms with Crippen LogP contribution in [0, 0.1) is 10.1 Å². The van der Waals surface area contributed by atoms with Gasteiger partial charge < -0.3 is 20.3 Å². The predicted octanol–water partition coefficient (Wildman–Crippen LogP) is 1.66. The summed E-state index contributed by atoms with van der Waals surface area (Å²) in [7, 11) is 0. The van der Waals surface area contributed by atoms with Crippen molar-refractivity contribution in [2.45, 2.75) is 6.42 Å². The molecule has 1 aliphatic heterocycles. The van der Waals surface area contributed by atoms with Crippen molar-refractivity contribution in [1.82, 2.24) is 24.3 Å². The highest BCUT2D eigenvalue weighted by Gasteiger charge is 2.22. The highest BCUT2D eigenvalue weighted by molar-refractivity contribution is 5.62. The summed E-state index contributed by atoms with van der Waals surface area (Å²) < 4.78 is 1.49. The average molecular weight is 382 g/mol. The monoisotopic (exact) mass is 382 g/mol. The third-order valence-corrected chi connectivity index (χ3v) is 4.83. The van der Waals surface area contributed by atoms with Gasteiger partial charge in [-0.15, -0.1) is 0 Å². The zero-order chi connectivity index (χ0) is 19.3. The minimum atomic E-state index is -0.396. The standard InChI is InChI=1S/C18H22N8O2/c27-26(28)17-16(22-15-5-1-2-10-25(15)17)19-8-4-9-23-11-13-24(14-12-23)18-20-6-3-7-21-18/h1-3,5-7,10,19H,4,8-9,11-14H2. The molecule has 4 rings (SSSR count). The van der Waals surface area contributed by atoms with E-state index in [1.807, 2.05) is 12.1 Å². The maximum atomic E-state index is 11.4. The molecular formula is C18H22N8O2. The second kappa shape index (κ2) is 8.17. The van der Waals surface area contributed by atoms with Gasteiger partial charge in [0.05, 0.1) is 6.20 Å². The van der Waals surface area contributed by atoms with E-state index in [1.165, 1.54) is 4.40 Å². The summed E-state index contributed by atoms with van der Waals surface area (Å²) in [6.07, 6.45) is 6.06. The number of aromatic nitrogens is 4. The molecule has 10 heteroatoms. The molecule has 146 valence electrons. The lowest BCUT2D eigenvalue weighted by atomic mass is 10.3. The number of imidazole rings is 1. The molecule has 1 N–H and O–H groups in total. The van der Waals surface area contributed by atoms with Crippen LogP contribution in [0.3, 0.4) is 0 Å². The molecule has 0 bridgehead atoms. The number of nitrogens with one attached hydrogen (secondary N) is 1. The summed E-state index contributed by atoms with van der Waals surface area (Å²) in [5.41, 5.74) is 0.566. The van der Waals surface area contributed by atoms with Gasteiger partial charge in [-0.1, -0.05) is 6.07 Å². The highest BCUT2D eigenvalue weighted by atomic mass is 16.6. The van der Waals surface area contributed by atoms with Gasteiger partial charge in [0.25, 0.3) is 0 Å². The van der Waals surface area contributed by atoms with Crippen LogP contribution < -0.4 is 10.2 Å².